The molecule has 42 valence electrons. The lowest BCUT2D eigenvalue weighted by Gasteiger charge is -1.89. The van der Waals surface area contributed by atoms with Crippen molar-refractivity contribution in [1.29, 1.82) is 0 Å². The van der Waals surface area contributed by atoms with Crippen molar-refractivity contribution in [2.45, 2.75) is 13.8 Å². The average molecular weight is 108 g/mol. The zero-order valence-electron chi connectivity index (χ0n) is 6.10. The molecule has 0 atom stereocenters. The maximum absolute atomic E-state index is 7.25. The van der Waals surface area contributed by atoms with Gasteiger partial charge in [-0.2, -0.15) is 0 Å². The van der Waals surface area contributed by atoms with E-state index in [0.717, 1.165) is 11.3 Å². The zero-order chi connectivity index (χ0) is 6.85. The summed E-state index contributed by atoms with van der Waals surface area (Å²) in [5, 5.41) is 0. The minimum absolute atomic E-state index is 0.384. The molecular weight excluding hydrogens is 98.1 g/mol. The van der Waals surface area contributed by atoms with E-state index in [1.54, 1.807) is 0 Å². The Morgan fingerprint density at radius 3 is 2.75 bits per heavy atom. The van der Waals surface area contributed by atoms with Crippen LogP contribution in [0.4, 0.5) is 0 Å². The van der Waals surface area contributed by atoms with E-state index in [0.29, 0.717) is 6.17 Å². The molecule has 1 heteroatoms. The molecule has 1 aromatic heterocycles. The van der Waals surface area contributed by atoms with Gasteiger partial charge < -0.3 is 0 Å². The maximum Gasteiger partial charge on any atom is 0.0843 e. The van der Waals surface area contributed by atoms with Gasteiger partial charge in [0.25, 0.3) is 0 Å². The van der Waals surface area contributed by atoms with Crippen LogP contribution in [-0.4, -0.2) is 4.98 Å². The number of pyridine rings is 1. The van der Waals surface area contributed by atoms with Gasteiger partial charge >= 0.3 is 0 Å². The third kappa shape index (κ3) is 1.06. The second-order valence-corrected chi connectivity index (χ2v) is 1.88. The lowest BCUT2D eigenvalue weighted by atomic mass is 10.3. The number of aryl methyl sites for hydroxylation is 2. The van der Waals surface area contributed by atoms with Gasteiger partial charge in [-0.25, -0.2) is 0 Å². The first-order valence-corrected chi connectivity index (χ1v) is 2.61. The zero-order valence-corrected chi connectivity index (χ0v) is 5.10. The topological polar surface area (TPSA) is 12.9 Å². The molecule has 0 unspecified atom stereocenters. The number of rotatable bonds is 0. The van der Waals surface area contributed by atoms with Crippen LogP contribution in [0.2, 0.25) is 0 Å². The minimum atomic E-state index is 0.384. The summed E-state index contributed by atoms with van der Waals surface area (Å²) in [6.45, 7) is 3.77. The van der Waals surface area contributed by atoms with Gasteiger partial charge in [0.1, 0.15) is 0 Å². The third-order valence-electron chi connectivity index (χ3n) is 0.983. The van der Waals surface area contributed by atoms with Crippen LogP contribution in [0.5, 0.6) is 0 Å². The summed E-state index contributed by atoms with van der Waals surface area (Å²) in [6, 6.07) is 3.82. The van der Waals surface area contributed by atoms with Gasteiger partial charge in [0.05, 0.1) is 1.37 Å². The number of nitrogens with zero attached hydrogens (tertiary/aromatic N) is 1. The number of hydrogen-bond acceptors (Lipinski definition) is 1. The van der Waals surface area contributed by atoms with E-state index in [9.17, 15) is 0 Å². The Bertz CT molecular complexity index is 220. The van der Waals surface area contributed by atoms with Crippen molar-refractivity contribution in [3.05, 3.63) is 29.6 Å². The van der Waals surface area contributed by atoms with Gasteiger partial charge in [0.15, 0.2) is 0 Å². The summed E-state index contributed by atoms with van der Waals surface area (Å²) in [4.78, 5) is 3.94. The Balaban J connectivity index is 3.17. The van der Waals surface area contributed by atoms with Gasteiger partial charge in [0.2, 0.25) is 0 Å². The van der Waals surface area contributed by atoms with Crippen molar-refractivity contribution in [2.75, 3.05) is 0 Å². The summed E-state index contributed by atoms with van der Waals surface area (Å²) in [6.07, 6.45) is 0.384. The largest absolute Gasteiger partial charge is 0.261 e. The van der Waals surface area contributed by atoms with Crippen LogP contribution in [0, 0.1) is 13.8 Å². The highest BCUT2D eigenvalue weighted by molar-refractivity contribution is 5.10. The van der Waals surface area contributed by atoms with Crippen molar-refractivity contribution in [3.63, 3.8) is 0 Å². The Kier molecular flexibility index (Phi) is 0.992. The van der Waals surface area contributed by atoms with Gasteiger partial charge in [-0.1, -0.05) is 6.07 Å². The van der Waals surface area contributed by atoms with Crippen molar-refractivity contribution in [2.24, 2.45) is 0 Å². The molecule has 0 spiro atoms. The summed E-state index contributed by atoms with van der Waals surface area (Å²) in [5.41, 5.74) is 1.84. The van der Waals surface area contributed by atoms with Crippen molar-refractivity contribution < 1.29 is 1.37 Å². The average Bonchev–Trinajstić information content (AvgIpc) is 1.80. The van der Waals surface area contributed by atoms with Gasteiger partial charge in [0, 0.05) is 11.9 Å². The first-order valence-electron chi connectivity index (χ1n) is 3.11. The predicted molar refractivity (Wildman–Crippen MR) is 33.7 cm³/mol. The minimum Gasteiger partial charge on any atom is -0.261 e. The van der Waals surface area contributed by atoms with Gasteiger partial charge in [-0.15, -0.1) is 0 Å². The van der Waals surface area contributed by atoms with E-state index in [2.05, 4.69) is 4.98 Å². The molecule has 0 saturated heterocycles. The summed E-state index contributed by atoms with van der Waals surface area (Å²) < 4.78 is 7.25. The summed E-state index contributed by atoms with van der Waals surface area (Å²) in [7, 11) is 0. The van der Waals surface area contributed by atoms with Crippen LogP contribution in [0.1, 0.15) is 12.6 Å². The number of hydrogen-bond donors (Lipinski definition) is 0. The standard InChI is InChI=1S/C7H9N/c1-6-3-4-7(2)8-5-6/h3-5H,1-2H3/i5D. The molecule has 0 aliphatic rings. The highest BCUT2D eigenvalue weighted by atomic mass is 14.6. The number of aromatic nitrogens is 1. The van der Waals surface area contributed by atoms with Gasteiger partial charge in [-0.3, -0.25) is 4.98 Å². The molecule has 0 amide bonds. The molecule has 0 bridgehead atoms. The molecule has 0 N–H and O–H groups in total. The molecule has 0 radical (unpaired) electrons. The Morgan fingerprint density at radius 1 is 1.50 bits per heavy atom. The van der Waals surface area contributed by atoms with Crippen LogP contribution < -0.4 is 0 Å². The molecule has 0 aromatic carbocycles. The van der Waals surface area contributed by atoms with Crippen LogP contribution in [-0.2, 0) is 0 Å². The van der Waals surface area contributed by atoms with Gasteiger partial charge in [-0.05, 0) is 25.5 Å². The first kappa shape index (κ1) is 4.07. The van der Waals surface area contributed by atoms with Crippen molar-refractivity contribution in [3.8, 4) is 0 Å². The predicted octanol–water partition coefficient (Wildman–Crippen LogP) is 1.70. The molecule has 8 heavy (non-hydrogen) atoms. The molecule has 0 aliphatic carbocycles. The summed E-state index contributed by atoms with van der Waals surface area (Å²) >= 11 is 0. The van der Waals surface area contributed by atoms with Crippen LogP contribution in [0.3, 0.4) is 0 Å². The Labute approximate surface area is 50.8 Å². The van der Waals surface area contributed by atoms with E-state index in [1.165, 1.54) is 0 Å². The third-order valence-corrected chi connectivity index (χ3v) is 0.983. The van der Waals surface area contributed by atoms with Crippen LogP contribution in [0.25, 0.3) is 0 Å². The second kappa shape index (κ2) is 1.95. The normalized spacial score (nSPS) is 11.0. The monoisotopic (exact) mass is 108 g/mol. The molecule has 1 nitrogen and oxygen atoms in total. The van der Waals surface area contributed by atoms with E-state index >= 15 is 0 Å². The maximum atomic E-state index is 7.25. The van der Waals surface area contributed by atoms with E-state index < -0.39 is 0 Å². The fraction of sp³-hybridized carbons (Fsp3) is 0.286. The quantitative estimate of drug-likeness (QED) is 0.493. The lowest BCUT2D eigenvalue weighted by molar-refractivity contribution is 1.17. The molecule has 1 heterocycles. The van der Waals surface area contributed by atoms with E-state index in [-0.39, 0.29) is 0 Å². The van der Waals surface area contributed by atoms with Crippen LogP contribution in [0.15, 0.2) is 18.3 Å². The molecular formula is C7H9N. The van der Waals surface area contributed by atoms with E-state index in [1.807, 2.05) is 26.0 Å². The summed E-state index contributed by atoms with van der Waals surface area (Å²) in [5.74, 6) is 0. The highest BCUT2D eigenvalue weighted by Gasteiger charge is 1.81. The lowest BCUT2D eigenvalue weighted by Crippen LogP contribution is -1.78. The first-order chi connectivity index (χ1) is 4.20. The highest BCUT2D eigenvalue weighted by Crippen LogP contribution is 1.94. The SMILES string of the molecule is [2H]c1nc(C)ccc1C. The smallest absolute Gasteiger partial charge is 0.0843 e. The second-order valence-electron chi connectivity index (χ2n) is 1.88. The molecule has 0 fully saturated rings. The fourth-order valence-electron chi connectivity index (χ4n) is 0.496. The Hall–Kier alpha value is -0.850. The molecule has 1 aromatic rings. The van der Waals surface area contributed by atoms with Crippen LogP contribution >= 0.6 is 0 Å². The molecule has 0 saturated carbocycles. The van der Waals surface area contributed by atoms with Crippen molar-refractivity contribution >= 4 is 0 Å². The van der Waals surface area contributed by atoms with Crippen molar-refractivity contribution in [1.82, 2.24) is 4.98 Å². The Morgan fingerprint density at radius 2 is 2.25 bits per heavy atom. The van der Waals surface area contributed by atoms with E-state index in [4.69, 9.17) is 1.37 Å². The molecule has 1 rings (SSSR count). The molecule has 0 aliphatic heterocycles. The fourth-order valence-corrected chi connectivity index (χ4v) is 0.496.